The predicted molar refractivity (Wildman–Crippen MR) is 107 cm³/mol. The van der Waals surface area contributed by atoms with Gasteiger partial charge in [-0.25, -0.2) is 4.39 Å². The monoisotopic (exact) mass is 400 g/mol. The van der Waals surface area contributed by atoms with Crippen LogP contribution in [0.1, 0.15) is 55.3 Å². The molecule has 6 heteroatoms. The molecule has 0 aromatic heterocycles. The van der Waals surface area contributed by atoms with E-state index in [0.717, 1.165) is 64.6 Å². The number of carbonyl (C=O) groups is 3. The molecule has 3 fully saturated rings. The molecule has 2 amide bonds. The minimum absolute atomic E-state index is 0.0124. The Morgan fingerprint density at radius 1 is 0.897 bits per heavy atom. The molecule has 5 nitrogen and oxygen atoms in total. The van der Waals surface area contributed by atoms with E-state index in [0.29, 0.717) is 12.1 Å². The smallest absolute Gasteiger partial charge is 0.233 e. The summed E-state index contributed by atoms with van der Waals surface area (Å²) < 4.78 is 13.0. The van der Waals surface area contributed by atoms with Crippen molar-refractivity contribution in [3.8, 4) is 0 Å². The first-order valence-corrected chi connectivity index (χ1v) is 10.9. The second-order valence-electron chi connectivity index (χ2n) is 8.67. The predicted octanol–water partition coefficient (Wildman–Crippen LogP) is 3.29. The van der Waals surface area contributed by atoms with Crippen molar-refractivity contribution in [2.24, 2.45) is 17.8 Å². The topological polar surface area (TPSA) is 57.7 Å². The van der Waals surface area contributed by atoms with Crippen molar-refractivity contribution in [3.05, 3.63) is 35.6 Å². The summed E-state index contributed by atoms with van der Waals surface area (Å²) in [5.41, 5.74) is 0.581. The number of amides is 2. The van der Waals surface area contributed by atoms with Gasteiger partial charge in [0.25, 0.3) is 0 Å². The van der Waals surface area contributed by atoms with Crippen molar-refractivity contribution in [3.63, 3.8) is 0 Å². The second-order valence-corrected chi connectivity index (χ2v) is 8.67. The summed E-state index contributed by atoms with van der Waals surface area (Å²) in [5.74, 6) is -0.284. The van der Waals surface area contributed by atoms with Crippen LogP contribution in [0.3, 0.4) is 0 Å². The lowest BCUT2D eigenvalue weighted by molar-refractivity contribution is -0.140. The average Bonchev–Trinajstić information content (AvgIpc) is 2.99. The van der Waals surface area contributed by atoms with Gasteiger partial charge in [0.15, 0.2) is 5.78 Å². The Balaban J connectivity index is 1.21. The number of hydrogen-bond donors (Lipinski definition) is 0. The molecule has 2 saturated heterocycles. The first-order chi connectivity index (χ1) is 14.0. The number of piperidine rings is 1. The Hall–Kier alpha value is -2.08. The summed E-state index contributed by atoms with van der Waals surface area (Å²) in [6.07, 6.45) is 6.21. The third-order valence-corrected chi connectivity index (χ3v) is 6.88. The van der Waals surface area contributed by atoms with E-state index < -0.39 is 0 Å². The second kappa shape index (κ2) is 8.74. The van der Waals surface area contributed by atoms with E-state index in [1.807, 2.05) is 0 Å². The van der Waals surface area contributed by atoms with Gasteiger partial charge >= 0.3 is 0 Å². The fourth-order valence-electron chi connectivity index (χ4n) is 5.17. The van der Waals surface area contributed by atoms with Crippen molar-refractivity contribution >= 4 is 17.6 Å². The number of Topliss-reactive ketones (excluding diaryl/α,β-unsaturated/α-hetero) is 1. The van der Waals surface area contributed by atoms with Crippen LogP contribution in [-0.2, 0) is 9.59 Å². The van der Waals surface area contributed by atoms with Crippen molar-refractivity contribution in [1.29, 1.82) is 0 Å². The van der Waals surface area contributed by atoms with Crippen LogP contribution in [0.15, 0.2) is 24.3 Å². The fraction of sp³-hybridized carbons (Fsp3) is 0.609. The van der Waals surface area contributed by atoms with Gasteiger partial charge in [0.05, 0.1) is 11.8 Å². The molecule has 2 atom stereocenters. The first kappa shape index (κ1) is 20.2. The van der Waals surface area contributed by atoms with Crippen LogP contribution in [0.2, 0.25) is 0 Å². The number of fused-ring (bicyclic) bond motifs is 1. The number of hydrogen-bond acceptors (Lipinski definition) is 4. The Kier molecular flexibility index (Phi) is 6.09. The largest absolute Gasteiger partial charge is 0.303 e. The molecule has 1 aromatic rings. The summed E-state index contributed by atoms with van der Waals surface area (Å²) in [6.45, 7) is 3.03. The van der Waals surface area contributed by atoms with Crippen LogP contribution in [-0.4, -0.2) is 53.6 Å². The van der Waals surface area contributed by atoms with Crippen LogP contribution in [0.25, 0.3) is 0 Å². The zero-order chi connectivity index (χ0) is 20.4. The number of imide groups is 1. The summed E-state index contributed by atoms with van der Waals surface area (Å²) in [5, 5.41) is 0. The van der Waals surface area contributed by atoms with E-state index in [-0.39, 0.29) is 41.2 Å². The number of carbonyl (C=O) groups excluding carboxylic acids is 3. The van der Waals surface area contributed by atoms with E-state index >= 15 is 0 Å². The molecular formula is C23H29FN2O3. The molecule has 0 bridgehead atoms. The van der Waals surface area contributed by atoms with E-state index in [1.54, 1.807) is 12.1 Å². The van der Waals surface area contributed by atoms with E-state index in [2.05, 4.69) is 4.90 Å². The standard InChI is InChI=1S/C23H29FN2O3/c24-18-8-6-16(7-9-18)21(27)17-10-14-25(15-11-17)12-3-13-26-22(28)19-4-1-2-5-20(19)23(26)29/h6-9,17,19-20H,1-5,10-15H2. The molecule has 156 valence electrons. The fourth-order valence-corrected chi connectivity index (χ4v) is 5.17. The highest BCUT2D eigenvalue weighted by Crippen LogP contribution is 2.38. The number of rotatable bonds is 6. The first-order valence-electron chi connectivity index (χ1n) is 10.9. The molecule has 2 aliphatic heterocycles. The van der Waals surface area contributed by atoms with Gasteiger partial charge in [0.1, 0.15) is 5.82 Å². The third-order valence-electron chi connectivity index (χ3n) is 6.88. The van der Waals surface area contributed by atoms with Gasteiger partial charge in [-0.15, -0.1) is 0 Å². The Morgan fingerprint density at radius 3 is 2.07 bits per heavy atom. The summed E-state index contributed by atoms with van der Waals surface area (Å²) in [4.78, 5) is 41.5. The SMILES string of the molecule is O=C(c1ccc(F)cc1)C1CCN(CCCN2C(=O)C3CCCCC3C2=O)CC1. The Labute approximate surface area is 171 Å². The molecule has 3 aliphatic rings. The number of halogens is 1. The van der Waals surface area contributed by atoms with Crippen LogP contribution in [0, 0.1) is 23.6 Å². The maximum Gasteiger partial charge on any atom is 0.233 e. The van der Waals surface area contributed by atoms with E-state index in [4.69, 9.17) is 0 Å². The van der Waals surface area contributed by atoms with Gasteiger partial charge in [0.2, 0.25) is 11.8 Å². The number of benzene rings is 1. The molecule has 0 N–H and O–H groups in total. The van der Waals surface area contributed by atoms with Gasteiger partial charge in [-0.2, -0.15) is 0 Å². The molecule has 29 heavy (non-hydrogen) atoms. The number of likely N-dealkylation sites (tertiary alicyclic amines) is 2. The minimum Gasteiger partial charge on any atom is -0.303 e. The van der Waals surface area contributed by atoms with Crippen molar-refractivity contribution in [2.45, 2.75) is 44.9 Å². The van der Waals surface area contributed by atoms with Gasteiger partial charge in [-0.1, -0.05) is 12.8 Å². The zero-order valence-corrected chi connectivity index (χ0v) is 16.8. The van der Waals surface area contributed by atoms with Gasteiger partial charge in [-0.05, 0) is 76.0 Å². The van der Waals surface area contributed by atoms with E-state index in [1.165, 1.54) is 17.0 Å². The van der Waals surface area contributed by atoms with Crippen LogP contribution in [0.5, 0.6) is 0 Å². The van der Waals surface area contributed by atoms with Gasteiger partial charge in [0, 0.05) is 18.0 Å². The van der Waals surface area contributed by atoms with Gasteiger partial charge < -0.3 is 4.90 Å². The number of nitrogens with zero attached hydrogens (tertiary/aromatic N) is 2. The minimum atomic E-state index is -0.328. The van der Waals surface area contributed by atoms with Crippen molar-refractivity contribution in [1.82, 2.24) is 9.80 Å². The summed E-state index contributed by atoms with van der Waals surface area (Å²) in [6, 6.07) is 5.79. The lowest BCUT2D eigenvalue weighted by Crippen LogP contribution is -2.39. The van der Waals surface area contributed by atoms with Crippen LogP contribution >= 0.6 is 0 Å². The highest BCUT2D eigenvalue weighted by atomic mass is 19.1. The third kappa shape index (κ3) is 4.27. The van der Waals surface area contributed by atoms with Crippen LogP contribution in [0.4, 0.5) is 4.39 Å². The van der Waals surface area contributed by atoms with E-state index in [9.17, 15) is 18.8 Å². The normalized spacial score (nSPS) is 26.0. The lowest BCUT2D eigenvalue weighted by Gasteiger charge is -2.31. The molecule has 1 saturated carbocycles. The molecule has 1 aromatic carbocycles. The van der Waals surface area contributed by atoms with Crippen molar-refractivity contribution in [2.75, 3.05) is 26.2 Å². The Morgan fingerprint density at radius 2 is 1.48 bits per heavy atom. The maximum absolute atomic E-state index is 13.0. The highest BCUT2D eigenvalue weighted by Gasteiger charge is 2.47. The molecule has 0 radical (unpaired) electrons. The maximum atomic E-state index is 13.0. The lowest BCUT2D eigenvalue weighted by atomic mass is 9.81. The van der Waals surface area contributed by atoms with Crippen LogP contribution < -0.4 is 0 Å². The molecule has 4 rings (SSSR count). The highest BCUT2D eigenvalue weighted by molar-refractivity contribution is 6.05. The zero-order valence-electron chi connectivity index (χ0n) is 16.8. The summed E-state index contributed by atoms with van der Waals surface area (Å²) in [7, 11) is 0. The molecule has 0 spiro atoms. The van der Waals surface area contributed by atoms with Crippen molar-refractivity contribution < 1.29 is 18.8 Å². The molecule has 2 heterocycles. The average molecular weight is 400 g/mol. The van der Waals surface area contributed by atoms with Gasteiger partial charge in [-0.3, -0.25) is 19.3 Å². The molecule has 1 aliphatic carbocycles. The Bertz CT molecular complexity index is 747. The summed E-state index contributed by atoms with van der Waals surface area (Å²) >= 11 is 0. The molecular weight excluding hydrogens is 371 g/mol. The number of ketones is 1. The molecule has 2 unspecified atom stereocenters. The quantitative estimate of drug-likeness (QED) is 0.543.